The van der Waals surface area contributed by atoms with E-state index in [0.29, 0.717) is 30.2 Å². The zero-order valence-corrected chi connectivity index (χ0v) is 17.6. The van der Waals surface area contributed by atoms with Gasteiger partial charge < -0.3 is 20.1 Å². The Hall–Kier alpha value is -3.85. The molecule has 33 heavy (non-hydrogen) atoms. The van der Waals surface area contributed by atoms with Gasteiger partial charge in [0.05, 0.1) is 12.2 Å². The van der Waals surface area contributed by atoms with Crippen LogP contribution in [0.3, 0.4) is 0 Å². The molecule has 2 N–H and O–H groups in total. The number of hydrogen-bond acceptors (Lipinski definition) is 4. The van der Waals surface area contributed by atoms with Crippen molar-refractivity contribution in [3.8, 4) is 5.75 Å². The van der Waals surface area contributed by atoms with E-state index in [1.54, 1.807) is 31.4 Å². The number of halogens is 3. The summed E-state index contributed by atoms with van der Waals surface area (Å²) in [6, 6.07) is 16.9. The second-order valence-electron chi connectivity index (χ2n) is 6.93. The van der Waals surface area contributed by atoms with Crippen LogP contribution in [0.25, 0.3) is 0 Å². The molecule has 0 fully saturated rings. The van der Waals surface area contributed by atoms with E-state index in [4.69, 9.17) is 9.47 Å². The van der Waals surface area contributed by atoms with E-state index in [2.05, 4.69) is 10.6 Å². The first-order chi connectivity index (χ1) is 15.8. The Kier molecular flexibility index (Phi) is 7.68. The molecule has 0 radical (unpaired) electrons. The van der Waals surface area contributed by atoms with Crippen LogP contribution in [0.4, 0.5) is 24.5 Å². The van der Waals surface area contributed by atoms with Crippen LogP contribution in [0.1, 0.15) is 26.3 Å². The molecule has 0 aromatic heterocycles. The Bertz CT molecular complexity index is 1100. The topological polar surface area (TPSA) is 76.7 Å². The van der Waals surface area contributed by atoms with E-state index in [0.717, 1.165) is 12.1 Å². The largest absolute Gasteiger partial charge is 0.491 e. The van der Waals surface area contributed by atoms with Crippen LogP contribution in [-0.4, -0.2) is 32.1 Å². The van der Waals surface area contributed by atoms with Crippen LogP contribution in [0.2, 0.25) is 0 Å². The quantitative estimate of drug-likeness (QED) is 0.453. The lowest BCUT2D eigenvalue weighted by molar-refractivity contribution is -0.137. The standard InChI is InChI=1S/C24H21F3N2O4/c1-32-13-14-33-21-11-7-17(8-12-21)22(30)28-19-9-5-16(6-10-19)23(31)29-20-4-2-3-18(15-20)24(25,26)27/h2-12,15H,13-14H2,1H3,(H,28,30)(H,29,31). The summed E-state index contributed by atoms with van der Waals surface area (Å²) >= 11 is 0. The van der Waals surface area contributed by atoms with Crippen LogP contribution in [0, 0.1) is 0 Å². The van der Waals surface area contributed by atoms with Crippen molar-refractivity contribution in [1.29, 1.82) is 0 Å². The van der Waals surface area contributed by atoms with Gasteiger partial charge in [-0.2, -0.15) is 13.2 Å². The summed E-state index contributed by atoms with van der Waals surface area (Å²) in [7, 11) is 1.58. The van der Waals surface area contributed by atoms with Crippen molar-refractivity contribution in [2.75, 3.05) is 31.0 Å². The highest BCUT2D eigenvalue weighted by atomic mass is 19.4. The fourth-order valence-electron chi connectivity index (χ4n) is 2.83. The molecule has 6 nitrogen and oxygen atoms in total. The van der Waals surface area contributed by atoms with Crippen LogP contribution in [0.15, 0.2) is 72.8 Å². The number of rotatable bonds is 8. The highest BCUT2D eigenvalue weighted by Crippen LogP contribution is 2.30. The molecule has 3 rings (SSSR count). The molecule has 0 saturated heterocycles. The summed E-state index contributed by atoms with van der Waals surface area (Å²) in [6.45, 7) is 0.853. The molecule has 9 heteroatoms. The van der Waals surface area contributed by atoms with E-state index in [1.165, 1.54) is 36.4 Å². The highest BCUT2D eigenvalue weighted by Gasteiger charge is 2.30. The normalized spacial score (nSPS) is 11.0. The molecule has 0 unspecified atom stereocenters. The molecule has 0 aliphatic heterocycles. The number of hydrogen-bond donors (Lipinski definition) is 2. The molecule has 0 atom stereocenters. The second-order valence-corrected chi connectivity index (χ2v) is 6.93. The Morgan fingerprint density at radius 1 is 0.788 bits per heavy atom. The summed E-state index contributed by atoms with van der Waals surface area (Å²) in [4.78, 5) is 24.8. The van der Waals surface area contributed by atoms with Gasteiger partial charge in [-0.25, -0.2) is 0 Å². The molecule has 172 valence electrons. The van der Waals surface area contributed by atoms with E-state index in [1.807, 2.05) is 0 Å². The van der Waals surface area contributed by atoms with Gasteiger partial charge in [-0.3, -0.25) is 9.59 Å². The van der Waals surface area contributed by atoms with Gasteiger partial charge in [0.1, 0.15) is 12.4 Å². The summed E-state index contributed by atoms with van der Waals surface area (Å²) in [5.41, 5.74) is 0.272. The van der Waals surface area contributed by atoms with Crippen molar-refractivity contribution in [3.05, 3.63) is 89.5 Å². The average Bonchev–Trinajstić information content (AvgIpc) is 2.80. The van der Waals surface area contributed by atoms with Gasteiger partial charge in [0.15, 0.2) is 0 Å². The van der Waals surface area contributed by atoms with Crippen LogP contribution >= 0.6 is 0 Å². The maximum Gasteiger partial charge on any atom is 0.416 e. The zero-order valence-electron chi connectivity index (χ0n) is 17.6. The smallest absolute Gasteiger partial charge is 0.416 e. The molecule has 3 aromatic carbocycles. The first-order valence-electron chi connectivity index (χ1n) is 9.88. The monoisotopic (exact) mass is 458 g/mol. The second kappa shape index (κ2) is 10.6. The molecular weight excluding hydrogens is 437 g/mol. The number of nitrogens with one attached hydrogen (secondary N) is 2. The van der Waals surface area contributed by atoms with Gasteiger partial charge in [0, 0.05) is 29.6 Å². The molecular formula is C24H21F3N2O4. The van der Waals surface area contributed by atoms with Crippen LogP contribution < -0.4 is 15.4 Å². The summed E-state index contributed by atoms with van der Waals surface area (Å²) < 4.78 is 48.8. The summed E-state index contributed by atoms with van der Waals surface area (Å²) in [6.07, 6.45) is -4.50. The van der Waals surface area contributed by atoms with Gasteiger partial charge in [-0.15, -0.1) is 0 Å². The molecule has 0 aliphatic rings. The number of amides is 2. The Morgan fingerprint density at radius 2 is 1.36 bits per heavy atom. The fourth-order valence-corrected chi connectivity index (χ4v) is 2.83. The number of benzene rings is 3. The Balaban J connectivity index is 1.58. The van der Waals surface area contributed by atoms with E-state index >= 15 is 0 Å². The van der Waals surface area contributed by atoms with Crippen molar-refractivity contribution >= 4 is 23.2 Å². The van der Waals surface area contributed by atoms with E-state index in [9.17, 15) is 22.8 Å². The van der Waals surface area contributed by atoms with Gasteiger partial charge in [0.2, 0.25) is 0 Å². The van der Waals surface area contributed by atoms with E-state index < -0.39 is 17.6 Å². The van der Waals surface area contributed by atoms with Gasteiger partial charge in [-0.1, -0.05) is 6.07 Å². The molecule has 0 heterocycles. The SMILES string of the molecule is COCCOc1ccc(C(=O)Nc2ccc(C(=O)Nc3cccc(C(F)(F)F)c3)cc2)cc1. The van der Waals surface area contributed by atoms with Gasteiger partial charge in [-0.05, 0) is 66.7 Å². The van der Waals surface area contributed by atoms with Crippen molar-refractivity contribution in [2.24, 2.45) is 0 Å². The number of ether oxygens (including phenoxy) is 2. The number of methoxy groups -OCH3 is 1. The minimum absolute atomic E-state index is 0.0295. The number of anilines is 2. The zero-order chi connectivity index (χ0) is 23.8. The van der Waals surface area contributed by atoms with Crippen molar-refractivity contribution in [3.63, 3.8) is 0 Å². The summed E-state index contributed by atoms with van der Waals surface area (Å²) in [5.74, 6) is -0.310. The van der Waals surface area contributed by atoms with Gasteiger partial charge in [0.25, 0.3) is 11.8 Å². The first kappa shape index (κ1) is 23.8. The lowest BCUT2D eigenvalue weighted by atomic mass is 10.1. The highest BCUT2D eigenvalue weighted by molar-refractivity contribution is 6.06. The van der Waals surface area contributed by atoms with E-state index in [-0.39, 0.29) is 17.2 Å². The predicted molar refractivity (Wildman–Crippen MR) is 118 cm³/mol. The minimum atomic E-state index is -4.50. The lowest BCUT2D eigenvalue weighted by Gasteiger charge is -2.10. The maximum absolute atomic E-state index is 12.8. The fraction of sp³-hybridized carbons (Fsp3) is 0.167. The predicted octanol–water partition coefficient (Wildman–Crippen LogP) is 5.24. The average molecular weight is 458 g/mol. The first-order valence-corrected chi connectivity index (χ1v) is 9.88. The summed E-state index contributed by atoms with van der Waals surface area (Å²) in [5, 5.41) is 5.15. The van der Waals surface area contributed by atoms with Crippen LogP contribution in [-0.2, 0) is 10.9 Å². The Morgan fingerprint density at radius 3 is 1.94 bits per heavy atom. The lowest BCUT2D eigenvalue weighted by Crippen LogP contribution is -2.14. The molecule has 2 amide bonds. The number of alkyl halides is 3. The molecule has 0 bridgehead atoms. The molecule has 0 aliphatic carbocycles. The molecule has 0 spiro atoms. The minimum Gasteiger partial charge on any atom is -0.491 e. The van der Waals surface area contributed by atoms with Gasteiger partial charge >= 0.3 is 6.18 Å². The number of carbonyl (C=O) groups is 2. The third kappa shape index (κ3) is 6.81. The number of carbonyl (C=O) groups excluding carboxylic acids is 2. The molecule has 3 aromatic rings. The van der Waals surface area contributed by atoms with Crippen molar-refractivity contribution < 1.29 is 32.2 Å². The third-order valence-corrected chi connectivity index (χ3v) is 4.53. The van der Waals surface area contributed by atoms with Crippen molar-refractivity contribution in [1.82, 2.24) is 0 Å². The molecule has 0 saturated carbocycles. The van der Waals surface area contributed by atoms with Crippen LogP contribution in [0.5, 0.6) is 5.75 Å². The van der Waals surface area contributed by atoms with Crippen molar-refractivity contribution in [2.45, 2.75) is 6.18 Å². The Labute approximate surface area is 188 Å². The third-order valence-electron chi connectivity index (χ3n) is 4.53. The maximum atomic E-state index is 12.8.